The van der Waals surface area contributed by atoms with Gasteiger partial charge in [0, 0.05) is 70.5 Å². The molecule has 15 aromatic heterocycles. The van der Waals surface area contributed by atoms with E-state index < -0.39 is 0 Å². The largest absolute Gasteiger partial charge is 0.353 e. The third-order valence-corrected chi connectivity index (χ3v) is 28.8. The van der Waals surface area contributed by atoms with E-state index in [9.17, 15) is 0 Å². The quantitative estimate of drug-likeness (QED) is 0.0475. The van der Waals surface area contributed by atoms with Gasteiger partial charge in [0.2, 0.25) is 0 Å². The molecule has 0 fully saturated rings. The molecule has 0 atom stereocenters. The SMILES string of the molecule is Cc1ccc(Nc2ccc3ncc(-c4cc5cc(C)c(C)cc5s4)n3n2)cc1C.Cc1ccc(Nc2ccc3ncc(-c4cc5cccc(C)c5[nH]4)n3n2)cc1C.Cc1ccc(Nc2ccc3ncc(-c4cc5cccc(C)c5s4)n3n2)cc1C.Cc1ccc2[nH]c(-c3cnc4ccc(Nc5ccc(C)c(C)c5)nn34)cc2c1.Cc1ccc2cc(-c3cnc4ccc(Nc5ccc(C)c(C)c5)nn34)[nH]c2c1. The van der Waals surface area contributed by atoms with E-state index in [0.717, 1.165) is 148 Å². The van der Waals surface area contributed by atoms with E-state index in [0.29, 0.717) is 0 Å². The predicted molar refractivity (Wildman–Crippen MR) is 583 cm³/mol. The first-order valence-corrected chi connectivity index (χ1v) is 48.7. The van der Waals surface area contributed by atoms with Crippen LogP contribution in [0.1, 0.15) is 89.0 Å². The summed E-state index contributed by atoms with van der Waals surface area (Å²) >= 11 is 3.57. The van der Waals surface area contributed by atoms with Crippen LogP contribution in [0.5, 0.6) is 0 Å². The van der Waals surface area contributed by atoms with E-state index in [1.807, 2.05) is 114 Å². The molecule has 0 unspecified atom stereocenters. The maximum atomic E-state index is 4.81. The van der Waals surface area contributed by atoms with E-state index in [1.54, 1.807) is 22.7 Å². The van der Waals surface area contributed by atoms with Crippen molar-refractivity contribution in [3.8, 4) is 55.3 Å². The second-order valence-corrected chi connectivity index (χ2v) is 38.9. The lowest BCUT2D eigenvalue weighted by Crippen LogP contribution is -2.00. The van der Waals surface area contributed by atoms with Crippen LogP contribution < -0.4 is 26.6 Å². The molecule has 0 aliphatic carbocycles. The number of aryl methyl sites for hydroxylation is 16. The second kappa shape index (κ2) is 37.7. The lowest BCUT2D eigenvalue weighted by atomic mass is 10.1. The van der Waals surface area contributed by atoms with Gasteiger partial charge in [0.15, 0.2) is 57.3 Å². The number of nitrogens with zero attached hydrogens (tertiary/aromatic N) is 15. The van der Waals surface area contributed by atoms with Crippen molar-refractivity contribution < 1.29 is 0 Å². The van der Waals surface area contributed by atoms with Crippen molar-refractivity contribution in [2.45, 2.75) is 111 Å². The van der Waals surface area contributed by atoms with Crippen LogP contribution in [0.15, 0.2) is 298 Å². The average Bonchev–Trinajstić information content (AvgIpc) is 1.64. The molecule has 25 heteroatoms. The van der Waals surface area contributed by atoms with Crippen LogP contribution in [0, 0.1) is 111 Å². The summed E-state index contributed by atoms with van der Waals surface area (Å²) in [7, 11) is 0. The van der Waals surface area contributed by atoms with Crippen LogP contribution in [0.3, 0.4) is 0 Å². The Labute approximate surface area is 823 Å². The first kappa shape index (κ1) is 90.3. The van der Waals surface area contributed by atoms with Crippen LogP contribution >= 0.6 is 22.7 Å². The molecule has 0 spiro atoms. The maximum absolute atomic E-state index is 4.81. The van der Waals surface area contributed by atoms with Crippen molar-refractivity contribution >= 4 is 161 Å². The summed E-state index contributed by atoms with van der Waals surface area (Å²) < 4.78 is 12.1. The summed E-state index contributed by atoms with van der Waals surface area (Å²) in [5.41, 5.74) is 40.8. The van der Waals surface area contributed by atoms with Gasteiger partial charge < -0.3 is 41.5 Å². The Kier molecular flexibility index (Phi) is 24.2. The molecule has 23 nitrogen and oxygen atoms in total. The molecular formula is C116H105N23S2. The number of hydrogen-bond donors (Lipinski definition) is 8. The zero-order chi connectivity index (χ0) is 97.1. The minimum atomic E-state index is 0.780. The molecule has 696 valence electrons. The number of anilines is 10. The van der Waals surface area contributed by atoms with Gasteiger partial charge in [-0.25, -0.2) is 47.5 Å². The number of aromatic amines is 3. The highest BCUT2D eigenvalue weighted by atomic mass is 32.1. The van der Waals surface area contributed by atoms with Gasteiger partial charge in [-0.05, 0) is 381 Å². The molecule has 25 rings (SSSR count). The number of para-hydroxylation sites is 1. The Morgan fingerprint density at radius 3 is 0.986 bits per heavy atom. The van der Waals surface area contributed by atoms with Crippen LogP contribution in [0.4, 0.5) is 57.5 Å². The molecule has 0 bridgehead atoms. The summed E-state index contributed by atoms with van der Waals surface area (Å²) in [6.07, 6.45) is 9.40. The van der Waals surface area contributed by atoms with Crippen LogP contribution in [0.25, 0.3) is 136 Å². The topological polar surface area (TPSA) is 258 Å². The van der Waals surface area contributed by atoms with E-state index in [-0.39, 0.29) is 0 Å². The molecule has 141 heavy (non-hydrogen) atoms. The number of thiophene rings is 2. The van der Waals surface area contributed by atoms with Gasteiger partial charge in [0.05, 0.1) is 57.8 Å². The molecule has 0 aliphatic rings. The summed E-state index contributed by atoms with van der Waals surface area (Å²) in [6, 6.07) is 92.4. The van der Waals surface area contributed by atoms with Crippen molar-refractivity contribution in [3.63, 3.8) is 0 Å². The van der Waals surface area contributed by atoms with Crippen molar-refractivity contribution in [2.75, 3.05) is 26.6 Å². The minimum Gasteiger partial charge on any atom is -0.353 e. The third-order valence-electron chi connectivity index (χ3n) is 26.3. The average molecular weight is 1890 g/mol. The fraction of sp³-hybridized carbons (Fsp3) is 0.138. The molecule has 0 saturated carbocycles. The standard InChI is InChI=1S/C24H22N4S.3C23H21N5.C23H20N4S/c1-14-5-6-19(10-16(14)3)26-23-7-8-24-25-13-20(28(24)27-23)22-12-18-9-15(2)17(4)11-21(18)29-22;1-14-4-7-19-17(10-14)12-20(26-19)21-13-24-23-9-8-22(27-28(21)23)25-18-6-5-15(2)16(3)11-18;1-14-4-6-17-12-20(26-19(17)10-14)21-13-24-23-9-8-22(27-28(21)23)25-18-7-5-15(2)16(3)11-18;1-14-7-8-18(11-16(14)3)25-21-9-10-22-24-13-20(28(22)27-21)19-12-17-6-4-5-15(2)23(17)26-19;1-14-7-8-18(11-16(14)3)25-21-9-10-22-24-13-19(27(22)26-21)20-12-17-6-4-5-15(2)23(17)28-20/h5-13H,1-4H3,(H,26,27);3*4-13,26H,1-3H3,(H,25,27);4-13H,1-3H3,(H,25,26). The number of H-pyrrole nitrogens is 3. The van der Waals surface area contributed by atoms with Crippen LogP contribution in [-0.4, -0.2) is 87.9 Å². The summed E-state index contributed by atoms with van der Waals surface area (Å²) in [6.45, 7) is 34.0. The monoisotopic (exact) mass is 1880 g/mol. The maximum Gasteiger partial charge on any atom is 0.154 e. The number of benzene rings is 10. The highest BCUT2D eigenvalue weighted by Crippen LogP contribution is 2.40. The van der Waals surface area contributed by atoms with Gasteiger partial charge in [0.25, 0.3) is 0 Å². The molecule has 25 aromatic rings. The number of rotatable bonds is 15. The fourth-order valence-electron chi connectivity index (χ4n) is 17.4. The predicted octanol–water partition coefficient (Wildman–Crippen LogP) is 29.5. The number of nitrogens with one attached hydrogen (secondary N) is 8. The summed E-state index contributed by atoms with van der Waals surface area (Å²) in [4.78, 5) is 35.5. The number of aromatic nitrogens is 18. The first-order chi connectivity index (χ1) is 68.3. The molecule has 0 aliphatic heterocycles. The van der Waals surface area contributed by atoms with Crippen LogP contribution in [-0.2, 0) is 0 Å². The first-order valence-electron chi connectivity index (χ1n) is 47.0. The number of imidazole rings is 5. The van der Waals surface area contributed by atoms with Crippen molar-refractivity contribution in [2.24, 2.45) is 0 Å². The Morgan fingerprint density at radius 1 is 0.227 bits per heavy atom. The van der Waals surface area contributed by atoms with Gasteiger partial charge in [0.1, 0.15) is 28.5 Å². The van der Waals surface area contributed by atoms with E-state index in [1.165, 1.54) is 135 Å². The zero-order valence-electron chi connectivity index (χ0n) is 81.3. The normalized spacial score (nSPS) is 11.4. The lowest BCUT2D eigenvalue weighted by Gasteiger charge is -2.09. The van der Waals surface area contributed by atoms with Gasteiger partial charge in [-0.15, -0.1) is 48.2 Å². The van der Waals surface area contributed by atoms with Crippen molar-refractivity contribution in [3.05, 3.63) is 387 Å². The molecule has 0 saturated heterocycles. The highest BCUT2D eigenvalue weighted by Gasteiger charge is 2.21. The highest BCUT2D eigenvalue weighted by molar-refractivity contribution is 7.22. The Bertz CT molecular complexity index is 8650. The number of fused-ring (bicyclic) bond motifs is 10. The van der Waals surface area contributed by atoms with Crippen LogP contribution in [0.2, 0.25) is 0 Å². The van der Waals surface area contributed by atoms with Gasteiger partial charge in [-0.2, -0.15) is 0 Å². The molecule has 8 N–H and O–H groups in total. The smallest absolute Gasteiger partial charge is 0.154 e. The van der Waals surface area contributed by atoms with E-state index >= 15 is 0 Å². The molecule has 10 aromatic carbocycles. The van der Waals surface area contributed by atoms with Crippen molar-refractivity contribution in [1.82, 2.24) is 87.9 Å². The lowest BCUT2D eigenvalue weighted by molar-refractivity contribution is 0.945. The molecule has 0 radical (unpaired) electrons. The number of hydrogen-bond acceptors (Lipinski definition) is 17. The van der Waals surface area contributed by atoms with Gasteiger partial charge in [-0.1, -0.05) is 96.6 Å². The van der Waals surface area contributed by atoms with Gasteiger partial charge in [-0.3, -0.25) is 0 Å². The molecule has 0 amide bonds. The Balaban J connectivity index is 0.000000104. The Hall–Kier alpha value is -17.2. The third kappa shape index (κ3) is 18.9. The summed E-state index contributed by atoms with van der Waals surface area (Å²) in [5, 5.41) is 47.0. The Morgan fingerprint density at radius 2 is 0.567 bits per heavy atom. The van der Waals surface area contributed by atoms with E-state index in [2.05, 4.69) is 383 Å². The molecular weight excluding hydrogens is 1780 g/mol. The minimum absolute atomic E-state index is 0.780. The second-order valence-electron chi connectivity index (χ2n) is 36.7. The van der Waals surface area contributed by atoms with Crippen molar-refractivity contribution in [1.29, 1.82) is 0 Å². The van der Waals surface area contributed by atoms with E-state index in [4.69, 9.17) is 25.5 Å². The fourth-order valence-corrected chi connectivity index (χ4v) is 19.7. The zero-order valence-corrected chi connectivity index (χ0v) is 82.9. The summed E-state index contributed by atoms with van der Waals surface area (Å²) in [5.74, 6) is 3.94. The van der Waals surface area contributed by atoms with Gasteiger partial charge >= 0.3 is 0 Å². The molecule has 15 heterocycles.